The average molecular weight is 255 g/mol. The minimum absolute atomic E-state index is 0.108. The number of nitrogens with zero attached hydrogens (tertiary/aromatic N) is 2. The molecule has 1 fully saturated rings. The number of likely N-dealkylation sites (tertiary alicyclic amines) is 1. The molecule has 17 heavy (non-hydrogen) atoms. The lowest BCUT2D eigenvalue weighted by Crippen LogP contribution is -2.26. The molecule has 0 N–H and O–H groups in total. The van der Waals surface area contributed by atoms with Gasteiger partial charge in [-0.3, -0.25) is 15.0 Å². The smallest absolute Gasteiger partial charge is 0.269 e. The molecule has 2 rings (SSSR count). The van der Waals surface area contributed by atoms with Crippen molar-refractivity contribution in [2.24, 2.45) is 0 Å². The van der Waals surface area contributed by atoms with Gasteiger partial charge in [-0.25, -0.2) is 0 Å². The van der Waals surface area contributed by atoms with Crippen molar-refractivity contribution < 1.29 is 4.92 Å². The molecule has 0 aliphatic carbocycles. The maximum Gasteiger partial charge on any atom is 0.269 e. The molecule has 5 heteroatoms. The van der Waals surface area contributed by atoms with Crippen LogP contribution in [0.3, 0.4) is 0 Å². The van der Waals surface area contributed by atoms with Gasteiger partial charge in [0.2, 0.25) is 0 Å². The Balaban J connectivity index is 2.19. The summed E-state index contributed by atoms with van der Waals surface area (Å²) in [7, 11) is 0. The van der Waals surface area contributed by atoms with E-state index in [1.54, 1.807) is 12.1 Å². The Hall–Kier alpha value is -1.13. The van der Waals surface area contributed by atoms with Crippen LogP contribution in [0.2, 0.25) is 5.02 Å². The third-order valence-corrected chi connectivity index (χ3v) is 3.67. The molecule has 1 saturated heterocycles. The van der Waals surface area contributed by atoms with Gasteiger partial charge >= 0.3 is 0 Å². The van der Waals surface area contributed by atoms with E-state index in [9.17, 15) is 10.1 Å². The van der Waals surface area contributed by atoms with Gasteiger partial charge in [0.05, 0.1) is 4.92 Å². The van der Waals surface area contributed by atoms with Gasteiger partial charge in [-0.1, -0.05) is 11.6 Å². The van der Waals surface area contributed by atoms with Crippen LogP contribution in [-0.4, -0.2) is 22.4 Å². The topological polar surface area (TPSA) is 46.4 Å². The molecule has 1 aromatic rings. The molecule has 1 heterocycles. The molecule has 1 aliphatic heterocycles. The first kappa shape index (κ1) is 12.3. The first-order chi connectivity index (χ1) is 8.08. The molecule has 1 unspecified atom stereocenters. The van der Waals surface area contributed by atoms with Crippen LogP contribution in [0.1, 0.15) is 25.3 Å². The SMILES string of the molecule is CC1CCCN1Cc1cc([N+](=O)[O-])ccc1Cl. The molecule has 1 atom stereocenters. The molecule has 1 aromatic carbocycles. The average Bonchev–Trinajstić information content (AvgIpc) is 2.67. The molecule has 0 spiro atoms. The van der Waals surface area contributed by atoms with Gasteiger partial charge in [0.15, 0.2) is 0 Å². The second-order valence-corrected chi connectivity index (χ2v) is 4.90. The summed E-state index contributed by atoms with van der Waals surface area (Å²) < 4.78 is 0. The monoisotopic (exact) mass is 254 g/mol. The summed E-state index contributed by atoms with van der Waals surface area (Å²) in [5.41, 5.74) is 0.950. The highest BCUT2D eigenvalue weighted by Crippen LogP contribution is 2.26. The normalized spacial score (nSPS) is 20.7. The summed E-state index contributed by atoms with van der Waals surface area (Å²) in [6.45, 7) is 3.92. The van der Waals surface area contributed by atoms with Crippen molar-refractivity contribution in [1.82, 2.24) is 4.90 Å². The van der Waals surface area contributed by atoms with E-state index in [0.717, 1.165) is 12.1 Å². The number of nitro benzene ring substituents is 1. The first-order valence-electron chi connectivity index (χ1n) is 5.75. The second kappa shape index (κ2) is 5.02. The Morgan fingerprint density at radius 1 is 1.59 bits per heavy atom. The highest BCUT2D eigenvalue weighted by Gasteiger charge is 2.21. The number of benzene rings is 1. The Morgan fingerprint density at radius 3 is 2.94 bits per heavy atom. The Morgan fingerprint density at radius 2 is 2.35 bits per heavy atom. The maximum absolute atomic E-state index is 10.7. The summed E-state index contributed by atoms with van der Waals surface area (Å²) in [4.78, 5) is 12.6. The van der Waals surface area contributed by atoms with Crippen LogP contribution in [-0.2, 0) is 6.54 Å². The zero-order chi connectivity index (χ0) is 12.4. The van der Waals surface area contributed by atoms with Crippen LogP contribution in [0.4, 0.5) is 5.69 Å². The lowest BCUT2D eigenvalue weighted by atomic mass is 10.1. The fourth-order valence-corrected chi connectivity index (χ4v) is 2.42. The largest absolute Gasteiger partial charge is 0.296 e. The molecule has 0 aromatic heterocycles. The van der Waals surface area contributed by atoms with Crippen LogP contribution in [0, 0.1) is 10.1 Å². The summed E-state index contributed by atoms with van der Waals surface area (Å²) in [6, 6.07) is 5.16. The highest BCUT2D eigenvalue weighted by atomic mass is 35.5. The summed E-state index contributed by atoms with van der Waals surface area (Å²) in [6.07, 6.45) is 2.38. The van der Waals surface area contributed by atoms with Crippen LogP contribution < -0.4 is 0 Å². The van der Waals surface area contributed by atoms with E-state index < -0.39 is 0 Å². The number of hydrogen-bond acceptors (Lipinski definition) is 3. The fraction of sp³-hybridized carbons (Fsp3) is 0.500. The highest BCUT2D eigenvalue weighted by molar-refractivity contribution is 6.31. The minimum Gasteiger partial charge on any atom is -0.296 e. The van der Waals surface area contributed by atoms with Gasteiger partial charge in [0.25, 0.3) is 5.69 Å². The summed E-state index contributed by atoms with van der Waals surface area (Å²) >= 11 is 6.08. The molecular weight excluding hydrogens is 240 g/mol. The van der Waals surface area contributed by atoms with Crippen molar-refractivity contribution >= 4 is 17.3 Å². The summed E-state index contributed by atoms with van der Waals surface area (Å²) in [5.74, 6) is 0. The summed E-state index contributed by atoms with van der Waals surface area (Å²) in [5, 5.41) is 11.3. The Bertz CT molecular complexity index is 437. The number of rotatable bonds is 3. The predicted molar refractivity (Wildman–Crippen MR) is 67.2 cm³/mol. The van der Waals surface area contributed by atoms with Crippen LogP contribution in [0.15, 0.2) is 18.2 Å². The van der Waals surface area contributed by atoms with E-state index in [1.807, 2.05) is 0 Å². The van der Waals surface area contributed by atoms with Crippen LogP contribution in [0.5, 0.6) is 0 Å². The van der Waals surface area contributed by atoms with E-state index >= 15 is 0 Å². The van der Waals surface area contributed by atoms with Gasteiger partial charge in [0.1, 0.15) is 0 Å². The molecule has 0 bridgehead atoms. The van der Waals surface area contributed by atoms with Crippen molar-refractivity contribution in [3.05, 3.63) is 38.9 Å². The molecule has 92 valence electrons. The third kappa shape index (κ3) is 2.76. The van der Waals surface area contributed by atoms with E-state index in [-0.39, 0.29) is 10.6 Å². The van der Waals surface area contributed by atoms with Crippen LogP contribution >= 0.6 is 11.6 Å². The van der Waals surface area contributed by atoms with E-state index in [1.165, 1.54) is 18.9 Å². The number of halogens is 1. The number of non-ortho nitro benzene ring substituents is 1. The molecule has 1 aliphatic rings. The van der Waals surface area contributed by atoms with Crippen molar-refractivity contribution in [2.45, 2.75) is 32.4 Å². The van der Waals surface area contributed by atoms with Crippen molar-refractivity contribution in [2.75, 3.05) is 6.54 Å². The zero-order valence-corrected chi connectivity index (χ0v) is 10.5. The number of hydrogen-bond donors (Lipinski definition) is 0. The lowest BCUT2D eigenvalue weighted by molar-refractivity contribution is -0.384. The van der Waals surface area contributed by atoms with Crippen molar-refractivity contribution in [1.29, 1.82) is 0 Å². The van der Waals surface area contributed by atoms with E-state index in [2.05, 4.69) is 11.8 Å². The van der Waals surface area contributed by atoms with E-state index in [0.29, 0.717) is 17.6 Å². The number of nitro groups is 1. The van der Waals surface area contributed by atoms with Crippen LogP contribution in [0.25, 0.3) is 0 Å². The van der Waals surface area contributed by atoms with Gasteiger partial charge in [-0.05, 0) is 37.9 Å². The second-order valence-electron chi connectivity index (χ2n) is 4.49. The quantitative estimate of drug-likeness (QED) is 0.615. The van der Waals surface area contributed by atoms with Crippen molar-refractivity contribution in [3.63, 3.8) is 0 Å². The third-order valence-electron chi connectivity index (χ3n) is 3.30. The zero-order valence-electron chi connectivity index (χ0n) is 9.73. The fourth-order valence-electron chi connectivity index (χ4n) is 2.24. The van der Waals surface area contributed by atoms with Crippen molar-refractivity contribution in [3.8, 4) is 0 Å². The van der Waals surface area contributed by atoms with Gasteiger partial charge in [-0.15, -0.1) is 0 Å². The van der Waals surface area contributed by atoms with Gasteiger partial charge < -0.3 is 0 Å². The van der Waals surface area contributed by atoms with Gasteiger partial charge in [0, 0.05) is 29.7 Å². The molecule has 4 nitrogen and oxygen atoms in total. The Labute approximate surface area is 105 Å². The minimum atomic E-state index is -0.382. The standard InChI is InChI=1S/C12H15ClN2O2/c1-9-3-2-6-14(9)8-10-7-11(15(16)17)4-5-12(10)13/h4-5,7,9H,2-3,6,8H2,1H3. The Kier molecular flexibility index (Phi) is 3.64. The molecular formula is C12H15ClN2O2. The van der Waals surface area contributed by atoms with Gasteiger partial charge in [-0.2, -0.15) is 0 Å². The van der Waals surface area contributed by atoms with E-state index in [4.69, 9.17) is 11.6 Å². The molecule has 0 amide bonds. The predicted octanol–water partition coefficient (Wildman–Crippen LogP) is 3.23. The maximum atomic E-state index is 10.7. The molecule has 0 radical (unpaired) electrons. The first-order valence-corrected chi connectivity index (χ1v) is 6.12. The lowest BCUT2D eigenvalue weighted by Gasteiger charge is -2.21. The molecule has 0 saturated carbocycles.